The first-order chi connectivity index (χ1) is 9.76. The molecule has 6 heteroatoms. The molecule has 0 aromatic heterocycles. The van der Waals surface area contributed by atoms with Gasteiger partial charge in [-0.25, -0.2) is 0 Å². The molecule has 0 heterocycles. The van der Waals surface area contributed by atoms with Gasteiger partial charge in [-0.05, 0) is 24.3 Å². The van der Waals surface area contributed by atoms with E-state index in [1.54, 1.807) is 38.5 Å². The summed E-state index contributed by atoms with van der Waals surface area (Å²) in [7, 11) is 3.25. The second kappa shape index (κ2) is 10.1. The number of ether oxygens (including phenoxy) is 3. The number of rotatable bonds is 10. The first-order valence-electron chi connectivity index (χ1n) is 6.49. The number of carbonyl (C=O) groups excluding carboxylic acids is 1. The molecule has 0 saturated heterocycles. The molecule has 0 saturated carbocycles. The fraction of sp³-hybridized carbons (Fsp3) is 0.500. The average molecular weight is 282 g/mol. The first kappa shape index (κ1) is 16.3. The third-order valence-corrected chi connectivity index (χ3v) is 2.54. The predicted octanol–water partition coefficient (Wildman–Crippen LogP) is 0.426. The van der Waals surface area contributed by atoms with Crippen molar-refractivity contribution in [1.29, 1.82) is 0 Å². The van der Waals surface area contributed by atoms with Crippen molar-refractivity contribution in [2.24, 2.45) is 0 Å². The standard InChI is InChI=1S/C14H22N2O4/c1-18-10-9-15-7-8-16-14(17)11-20-13-5-3-12(19-2)4-6-13/h3-6,15H,7-11H2,1-2H3,(H,16,17). The molecule has 0 radical (unpaired) electrons. The van der Waals surface area contributed by atoms with Crippen LogP contribution in [0.2, 0.25) is 0 Å². The van der Waals surface area contributed by atoms with Crippen LogP contribution in [-0.2, 0) is 9.53 Å². The fourth-order valence-electron chi connectivity index (χ4n) is 1.46. The van der Waals surface area contributed by atoms with Crippen LogP contribution in [0, 0.1) is 0 Å². The molecule has 0 aliphatic carbocycles. The fourth-order valence-corrected chi connectivity index (χ4v) is 1.46. The van der Waals surface area contributed by atoms with Crippen molar-refractivity contribution in [2.45, 2.75) is 0 Å². The molecule has 1 rings (SSSR count). The number of benzene rings is 1. The van der Waals surface area contributed by atoms with Crippen molar-refractivity contribution in [3.05, 3.63) is 24.3 Å². The van der Waals surface area contributed by atoms with Gasteiger partial charge in [-0.1, -0.05) is 0 Å². The molecule has 20 heavy (non-hydrogen) atoms. The van der Waals surface area contributed by atoms with E-state index in [0.29, 0.717) is 25.4 Å². The number of hydrogen-bond acceptors (Lipinski definition) is 5. The second-order valence-corrected chi connectivity index (χ2v) is 4.06. The van der Waals surface area contributed by atoms with Crippen molar-refractivity contribution in [3.8, 4) is 11.5 Å². The van der Waals surface area contributed by atoms with Gasteiger partial charge in [0.05, 0.1) is 13.7 Å². The van der Waals surface area contributed by atoms with E-state index in [1.165, 1.54) is 0 Å². The minimum Gasteiger partial charge on any atom is -0.497 e. The maximum absolute atomic E-state index is 11.5. The Bertz CT molecular complexity index is 381. The number of amides is 1. The predicted molar refractivity (Wildman–Crippen MR) is 76.2 cm³/mol. The summed E-state index contributed by atoms with van der Waals surface area (Å²) in [5.74, 6) is 1.25. The van der Waals surface area contributed by atoms with Gasteiger partial charge >= 0.3 is 0 Å². The van der Waals surface area contributed by atoms with Crippen molar-refractivity contribution in [2.75, 3.05) is 47.1 Å². The van der Waals surface area contributed by atoms with Gasteiger partial charge in [-0.15, -0.1) is 0 Å². The van der Waals surface area contributed by atoms with Crippen LogP contribution >= 0.6 is 0 Å². The van der Waals surface area contributed by atoms with Gasteiger partial charge in [0.15, 0.2) is 6.61 Å². The molecular weight excluding hydrogens is 260 g/mol. The van der Waals surface area contributed by atoms with Gasteiger partial charge in [0.25, 0.3) is 5.91 Å². The van der Waals surface area contributed by atoms with Crippen LogP contribution in [0.4, 0.5) is 0 Å². The summed E-state index contributed by atoms with van der Waals surface area (Å²) in [6.45, 7) is 2.71. The van der Waals surface area contributed by atoms with Crippen LogP contribution < -0.4 is 20.1 Å². The molecule has 1 aromatic rings. The van der Waals surface area contributed by atoms with Crippen LogP contribution in [0.15, 0.2) is 24.3 Å². The summed E-state index contributed by atoms with van der Waals surface area (Å²) in [4.78, 5) is 11.5. The zero-order valence-corrected chi connectivity index (χ0v) is 12.0. The Morgan fingerprint density at radius 2 is 1.75 bits per heavy atom. The van der Waals surface area contributed by atoms with Crippen LogP contribution in [0.25, 0.3) is 0 Å². The third kappa shape index (κ3) is 6.96. The molecule has 6 nitrogen and oxygen atoms in total. The summed E-state index contributed by atoms with van der Waals surface area (Å²) in [6, 6.07) is 7.09. The number of hydrogen-bond donors (Lipinski definition) is 2. The average Bonchev–Trinajstić information content (AvgIpc) is 2.49. The van der Waals surface area contributed by atoms with Crippen molar-refractivity contribution < 1.29 is 19.0 Å². The van der Waals surface area contributed by atoms with E-state index in [9.17, 15) is 4.79 Å². The lowest BCUT2D eigenvalue weighted by atomic mass is 10.3. The van der Waals surface area contributed by atoms with Crippen molar-refractivity contribution >= 4 is 5.91 Å². The summed E-state index contributed by atoms with van der Waals surface area (Å²) in [5.41, 5.74) is 0. The highest BCUT2D eigenvalue weighted by Crippen LogP contribution is 2.16. The summed E-state index contributed by atoms with van der Waals surface area (Å²) < 4.78 is 15.3. The smallest absolute Gasteiger partial charge is 0.257 e. The molecule has 0 atom stereocenters. The highest BCUT2D eigenvalue weighted by molar-refractivity contribution is 5.77. The van der Waals surface area contributed by atoms with Crippen molar-refractivity contribution in [1.82, 2.24) is 10.6 Å². The van der Waals surface area contributed by atoms with Crippen LogP contribution in [-0.4, -0.2) is 53.0 Å². The molecule has 0 aliphatic rings. The Balaban J connectivity index is 2.10. The minimum absolute atomic E-state index is 0.00437. The van der Waals surface area contributed by atoms with E-state index in [2.05, 4.69) is 10.6 Å². The zero-order valence-electron chi connectivity index (χ0n) is 12.0. The molecule has 0 aliphatic heterocycles. The largest absolute Gasteiger partial charge is 0.497 e. The third-order valence-electron chi connectivity index (χ3n) is 2.54. The molecule has 2 N–H and O–H groups in total. The van der Waals surface area contributed by atoms with Crippen molar-refractivity contribution in [3.63, 3.8) is 0 Å². The SMILES string of the molecule is COCCNCCNC(=O)COc1ccc(OC)cc1. The lowest BCUT2D eigenvalue weighted by molar-refractivity contribution is -0.123. The Morgan fingerprint density at radius 1 is 1.05 bits per heavy atom. The molecular formula is C14H22N2O4. The Morgan fingerprint density at radius 3 is 2.40 bits per heavy atom. The zero-order chi connectivity index (χ0) is 14.6. The van der Waals surface area contributed by atoms with Gasteiger partial charge in [0.2, 0.25) is 0 Å². The molecule has 0 bridgehead atoms. The summed E-state index contributed by atoms with van der Waals surface area (Å²) in [5, 5.41) is 5.89. The van der Waals surface area contributed by atoms with E-state index >= 15 is 0 Å². The quantitative estimate of drug-likeness (QED) is 0.609. The monoisotopic (exact) mass is 282 g/mol. The number of nitrogens with one attached hydrogen (secondary N) is 2. The van der Waals surface area contributed by atoms with Gasteiger partial charge in [-0.2, -0.15) is 0 Å². The van der Waals surface area contributed by atoms with Crippen LogP contribution in [0.5, 0.6) is 11.5 Å². The van der Waals surface area contributed by atoms with Crippen LogP contribution in [0.3, 0.4) is 0 Å². The topological polar surface area (TPSA) is 68.8 Å². The van der Waals surface area contributed by atoms with Gasteiger partial charge in [0.1, 0.15) is 11.5 Å². The number of methoxy groups -OCH3 is 2. The lowest BCUT2D eigenvalue weighted by Crippen LogP contribution is -2.35. The molecule has 1 aromatic carbocycles. The van der Waals surface area contributed by atoms with E-state index < -0.39 is 0 Å². The number of carbonyl (C=O) groups is 1. The Labute approximate surface area is 119 Å². The minimum atomic E-state index is -0.144. The molecule has 1 amide bonds. The summed E-state index contributed by atoms with van der Waals surface area (Å²) >= 11 is 0. The second-order valence-electron chi connectivity index (χ2n) is 4.06. The van der Waals surface area contributed by atoms with Crippen LogP contribution in [0.1, 0.15) is 0 Å². The Kier molecular flexibility index (Phi) is 8.17. The maximum atomic E-state index is 11.5. The normalized spacial score (nSPS) is 10.1. The molecule has 112 valence electrons. The van der Waals surface area contributed by atoms with E-state index in [-0.39, 0.29) is 12.5 Å². The molecule has 0 fully saturated rings. The molecule has 0 unspecified atom stereocenters. The Hall–Kier alpha value is -1.79. The van der Waals surface area contributed by atoms with E-state index in [0.717, 1.165) is 12.3 Å². The highest BCUT2D eigenvalue weighted by atomic mass is 16.5. The molecule has 0 spiro atoms. The van der Waals surface area contributed by atoms with Gasteiger partial charge in [-0.3, -0.25) is 4.79 Å². The summed E-state index contributed by atoms with van der Waals surface area (Å²) in [6.07, 6.45) is 0. The van der Waals surface area contributed by atoms with Gasteiger partial charge in [0, 0.05) is 26.7 Å². The van der Waals surface area contributed by atoms with Gasteiger partial charge < -0.3 is 24.8 Å². The van der Waals surface area contributed by atoms with E-state index in [1.807, 2.05) is 0 Å². The van der Waals surface area contributed by atoms with E-state index in [4.69, 9.17) is 14.2 Å². The maximum Gasteiger partial charge on any atom is 0.257 e. The first-order valence-corrected chi connectivity index (χ1v) is 6.49. The highest BCUT2D eigenvalue weighted by Gasteiger charge is 2.02. The lowest BCUT2D eigenvalue weighted by Gasteiger charge is -2.08.